The van der Waals surface area contributed by atoms with Gasteiger partial charge in [-0.2, -0.15) is 5.10 Å². The lowest BCUT2D eigenvalue weighted by Crippen LogP contribution is -1.96. The number of nitrogens with one attached hydrogen (secondary N) is 3. The number of ether oxygens (including phenoxy) is 1. The number of nitrogens with zero attached hydrogens (tertiary/aromatic N) is 1. The van der Waals surface area contributed by atoms with E-state index in [1.165, 1.54) is 0 Å². The molecular weight excluding hydrogens is 312 g/mol. The van der Waals surface area contributed by atoms with Gasteiger partial charge in [-0.1, -0.05) is 17.7 Å². The van der Waals surface area contributed by atoms with Crippen molar-refractivity contribution in [2.45, 2.75) is 6.92 Å². The molecule has 23 heavy (non-hydrogen) atoms. The van der Waals surface area contributed by atoms with Crippen LogP contribution in [0.1, 0.15) is 6.92 Å². The van der Waals surface area contributed by atoms with Crippen molar-refractivity contribution in [2.24, 2.45) is 0 Å². The molecule has 0 aliphatic rings. The van der Waals surface area contributed by atoms with E-state index < -0.39 is 0 Å². The highest BCUT2D eigenvalue weighted by atomic mass is 35.5. The van der Waals surface area contributed by atoms with Gasteiger partial charge in [0.15, 0.2) is 0 Å². The molecule has 1 aromatic heterocycles. The molecule has 6 heteroatoms. The van der Waals surface area contributed by atoms with E-state index in [0.717, 1.165) is 28.6 Å². The molecule has 0 fully saturated rings. The maximum atomic E-state index is 6.00. The zero-order chi connectivity index (χ0) is 16.1. The molecule has 0 radical (unpaired) electrons. The van der Waals surface area contributed by atoms with Gasteiger partial charge in [-0.3, -0.25) is 5.10 Å². The molecule has 0 aliphatic carbocycles. The van der Waals surface area contributed by atoms with Gasteiger partial charge in [-0.05, 0) is 49.4 Å². The van der Waals surface area contributed by atoms with Gasteiger partial charge in [0.1, 0.15) is 17.3 Å². The van der Waals surface area contributed by atoms with Gasteiger partial charge >= 0.3 is 0 Å². The Balaban J connectivity index is 1.73. The highest BCUT2D eigenvalue weighted by molar-refractivity contribution is 6.30. The number of hydrogen-bond donors (Lipinski definition) is 3. The minimum atomic E-state index is 0.654. The summed E-state index contributed by atoms with van der Waals surface area (Å²) in [6, 6.07) is 15.3. The Morgan fingerprint density at radius 1 is 1.09 bits per heavy atom. The van der Waals surface area contributed by atoms with Crippen LogP contribution in [0, 0.1) is 0 Å². The fraction of sp³-hybridized carbons (Fsp3) is 0.118. The van der Waals surface area contributed by atoms with Crippen LogP contribution in [0.2, 0.25) is 5.02 Å². The van der Waals surface area contributed by atoms with E-state index in [1.54, 1.807) is 6.20 Å². The van der Waals surface area contributed by atoms with Crippen molar-refractivity contribution in [3.8, 4) is 5.75 Å². The van der Waals surface area contributed by atoms with Crippen molar-refractivity contribution < 1.29 is 4.74 Å². The third kappa shape index (κ3) is 3.96. The highest BCUT2D eigenvalue weighted by Gasteiger charge is 2.06. The standard InChI is InChI=1S/C17H17ClN4O/c1-2-23-15-8-6-13(7-9-15)21-17-16(11-19-22-17)20-14-5-3-4-12(18)10-14/h3-11,20H,2H2,1H3,(H2,19,21,22). The lowest BCUT2D eigenvalue weighted by atomic mass is 10.3. The van der Waals surface area contributed by atoms with Crippen molar-refractivity contribution >= 4 is 34.5 Å². The predicted octanol–water partition coefficient (Wildman–Crippen LogP) is 4.95. The summed E-state index contributed by atoms with van der Waals surface area (Å²) in [5.74, 6) is 1.62. The quantitative estimate of drug-likeness (QED) is 0.599. The number of halogens is 1. The van der Waals surface area contributed by atoms with Crippen LogP contribution in [-0.2, 0) is 0 Å². The van der Waals surface area contributed by atoms with E-state index in [1.807, 2.05) is 55.5 Å². The molecule has 0 unspecified atom stereocenters. The average Bonchev–Trinajstić information content (AvgIpc) is 2.96. The van der Waals surface area contributed by atoms with Crippen molar-refractivity contribution in [1.82, 2.24) is 10.2 Å². The molecular formula is C17H17ClN4O. The summed E-state index contributed by atoms with van der Waals surface area (Å²) in [5.41, 5.74) is 2.67. The summed E-state index contributed by atoms with van der Waals surface area (Å²) < 4.78 is 5.44. The van der Waals surface area contributed by atoms with Crippen molar-refractivity contribution in [2.75, 3.05) is 17.2 Å². The Morgan fingerprint density at radius 3 is 2.65 bits per heavy atom. The zero-order valence-corrected chi connectivity index (χ0v) is 13.4. The lowest BCUT2D eigenvalue weighted by Gasteiger charge is -2.10. The van der Waals surface area contributed by atoms with Gasteiger partial charge in [0.05, 0.1) is 12.8 Å². The molecule has 0 spiro atoms. The molecule has 0 atom stereocenters. The Labute approximate surface area is 139 Å². The van der Waals surface area contributed by atoms with Gasteiger partial charge in [-0.25, -0.2) is 0 Å². The molecule has 0 saturated carbocycles. The molecule has 3 rings (SSSR count). The van der Waals surface area contributed by atoms with Gasteiger partial charge < -0.3 is 15.4 Å². The lowest BCUT2D eigenvalue weighted by molar-refractivity contribution is 0.340. The first kappa shape index (κ1) is 15.2. The Kier molecular flexibility index (Phi) is 4.68. The first-order valence-corrected chi connectivity index (χ1v) is 7.68. The summed E-state index contributed by atoms with van der Waals surface area (Å²) in [6.07, 6.45) is 1.72. The summed E-state index contributed by atoms with van der Waals surface area (Å²) in [6.45, 7) is 2.62. The minimum Gasteiger partial charge on any atom is -0.494 e. The van der Waals surface area contributed by atoms with Crippen LogP contribution in [0.3, 0.4) is 0 Å². The second-order valence-electron chi connectivity index (χ2n) is 4.88. The average molecular weight is 329 g/mol. The molecule has 3 aromatic rings. The second-order valence-corrected chi connectivity index (χ2v) is 5.31. The summed E-state index contributed by atoms with van der Waals surface area (Å²) >= 11 is 6.00. The monoisotopic (exact) mass is 328 g/mol. The maximum absolute atomic E-state index is 6.00. The third-order valence-electron chi connectivity index (χ3n) is 3.18. The minimum absolute atomic E-state index is 0.654. The molecule has 2 aromatic carbocycles. The second kappa shape index (κ2) is 7.07. The molecule has 5 nitrogen and oxygen atoms in total. The number of hydrogen-bond acceptors (Lipinski definition) is 4. The smallest absolute Gasteiger partial charge is 0.150 e. The van der Waals surface area contributed by atoms with Crippen molar-refractivity contribution in [1.29, 1.82) is 0 Å². The van der Waals surface area contributed by atoms with E-state index in [-0.39, 0.29) is 0 Å². The first-order chi connectivity index (χ1) is 11.2. The van der Waals surface area contributed by atoms with Crippen LogP contribution in [-0.4, -0.2) is 16.8 Å². The van der Waals surface area contributed by atoms with Crippen LogP contribution in [0.15, 0.2) is 54.7 Å². The number of benzene rings is 2. The van der Waals surface area contributed by atoms with Crippen molar-refractivity contribution in [3.63, 3.8) is 0 Å². The summed E-state index contributed by atoms with van der Waals surface area (Å²) in [7, 11) is 0. The van der Waals surface area contributed by atoms with Gasteiger partial charge in [-0.15, -0.1) is 0 Å². The highest BCUT2D eigenvalue weighted by Crippen LogP contribution is 2.27. The SMILES string of the molecule is CCOc1ccc(Nc2[nH]ncc2Nc2cccc(Cl)c2)cc1. The van der Waals surface area contributed by atoms with Crippen molar-refractivity contribution in [3.05, 3.63) is 59.8 Å². The zero-order valence-electron chi connectivity index (χ0n) is 12.6. The van der Waals surface area contributed by atoms with Crippen LogP contribution < -0.4 is 15.4 Å². The van der Waals surface area contributed by atoms with Crippen LogP contribution in [0.4, 0.5) is 22.9 Å². The molecule has 0 bridgehead atoms. The fourth-order valence-electron chi connectivity index (χ4n) is 2.14. The number of H-pyrrole nitrogens is 1. The van der Waals surface area contributed by atoms with E-state index in [4.69, 9.17) is 16.3 Å². The summed E-state index contributed by atoms with van der Waals surface area (Å²) in [5, 5.41) is 14.3. The predicted molar refractivity (Wildman–Crippen MR) is 94.2 cm³/mol. The molecule has 3 N–H and O–H groups in total. The topological polar surface area (TPSA) is 62.0 Å². The van der Waals surface area contributed by atoms with E-state index >= 15 is 0 Å². The Hall–Kier alpha value is -2.66. The molecule has 0 saturated heterocycles. The first-order valence-electron chi connectivity index (χ1n) is 7.30. The fourth-order valence-corrected chi connectivity index (χ4v) is 2.33. The third-order valence-corrected chi connectivity index (χ3v) is 3.41. The molecule has 118 valence electrons. The number of anilines is 4. The molecule has 0 aliphatic heterocycles. The number of rotatable bonds is 6. The summed E-state index contributed by atoms with van der Waals surface area (Å²) in [4.78, 5) is 0. The largest absolute Gasteiger partial charge is 0.494 e. The van der Waals surface area contributed by atoms with E-state index in [9.17, 15) is 0 Å². The normalized spacial score (nSPS) is 10.3. The number of aromatic nitrogens is 2. The van der Waals surface area contributed by atoms with Crippen LogP contribution >= 0.6 is 11.6 Å². The molecule has 1 heterocycles. The molecule has 0 amide bonds. The van der Waals surface area contributed by atoms with Gasteiger partial charge in [0.25, 0.3) is 0 Å². The van der Waals surface area contributed by atoms with Crippen LogP contribution in [0.5, 0.6) is 5.75 Å². The van der Waals surface area contributed by atoms with Gasteiger partial charge in [0.2, 0.25) is 0 Å². The van der Waals surface area contributed by atoms with Gasteiger partial charge in [0, 0.05) is 16.4 Å². The Morgan fingerprint density at radius 2 is 1.91 bits per heavy atom. The Bertz CT molecular complexity index is 770. The van der Waals surface area contributed by atoms with Crippen LogP contribution in [0.25, 0.3) is 0 Å². The maximum Gasteiger partial charge on any atom is 0.150 e. The van der Waals surface area contributed by atoms with E-state index in [2.05, 4.69) is 20.8 Å². The van der Waals surface area contributed by atoms with E-state index in [0.29, 0.717) is 11.6 Å². The number of aromatic amines is 1.